The number of halogens is 2. The molecule has 1 aromatic heterocycles. The second kappa shape index (κ2) is 5.58. The Labute approximate surface area is 115 Å². The minimum absolute atomic E-state index is 0.0525. The Kier molecular flexibility index (Phi) is 4.04. The van der Waals surface area contributed by atoms with Crippen LogP contribution in [0.15, 0.2) is 28.9 Å². The molecule has 0 saturated carbocycles. The van der Waals surface area contributed by atoms with Gasteiger partial charge in [-0.25, -0.2) is 8.78 Å². The lowest BCUT2D eigenvalue weighted by Crippen LogP contribution is -2.35. The number of hydrogen-bond acceptors (Lipinski definition) is 4. The first-order chi connectivity index (χ1) is 9.33. The van der Waals surface area contributed by atoms with Gasteiger partial charge in [-0.15, -0.1) is 0 Å². The molecule has 0 amide bonds. The Bertz CT molecular complexity index is 591. The highest BCUT2D eigenvalue weighted by molar-refractivity contribution is 5.26. The van der Waals surface area contributed by atoms with E-state index in [1.807, 2.05) is 20.8 Å². The summed E-state index contributed by atoms with van der Waals surface area (Å²) >= 11 is 0. The van der Waals surface area contributed by atoms with Gasteiger partial charge < -0.3 is 14.5 Å². The lowest BCUT2D eigenvalue weighted by Gasteiger charge is -2.19. The fourth-order valence-corrected chi connectivity index (χ4v) is 1.42. The van der Waals surface area contributed by atoms with Crippen molar-refractivity contribution < 1.29 is 17.9 Å². The summed E-state index contributed by atoms with van der Waals surface area (Å²) in [5.41, 5.74) is 0.584. The van der Waals surface area contributed by atoms with E-state index in [1.165, 1.54) is 12.3 Å². The summed E-state index contributed by atoms with van der Waals surface area (Å²) in [7, 11) is 0. The molecule has 0 fully saturated rings. The van der Waals surface area contributed by atoms with Gasteiger partial charge in [0.15, 0.2) is 11.6 Å². The number of hydrogen-bond donors (Lipinski definition) is 1. The first-order valence-corrected chi connectivity index (χ1v) is 6.16. The molecular formula is C14H16F2N2O2. The summed E-state index contributed by atoms with van der Waals surface area (Å²) in [5.74, 6) is -1.61. The van der Waals surface area contributed by atoms with Gasteiger partial charge in [0, 0.05) is 18.2 Å². The number of benzene rings is 1. The number of ether oxygens (including phenoxy) is 1. The maximum Gasteiger partial charge on any atom is 0.399 e. The standard InChI is InChI=1S/C14H16F2N2O2/c1-14(2,3)17-7-10-8-19-13(18-10)20-12-5-4-9(15)6-11(12)16/h4-6,8,17H,7H2,1-3H3. The quantitative estimate of drug-likeness (QED) is 0.930. The maximum atomic E-state index is 13.4. The van der Waals surface area contributed by atoms with Gasteiger partial charge in [0.1, 0.15) is 12.1 Å². The predicted octanol–water partition coefficient (Wildman–Crippen LogP) is 3.63. The molecule has 1 heterocycles. The Balaban J connectivity index is 2.02. The lowest BCUT2D eigenvalue weighted by molar-refractivity contribution is 0.317. The molecule has 1 aromatic carbocycles. The van der Waals surface area contributed by atoms with Crippen molar-refractivity contribution >= 4 is 0 Å². The van der Waals surface area contributed by atoms with Crippen molar-refractivity contribution in [1.29, 1.82) is 0 Å². The fourth-order valence-electron chi connectivity index (χ4n) is 1.42. The van der Waals surface area contributed by atoms with Crippen LogP contribution in [0.1, 0.15) is 26.5 Å². The average Bonchev–Trinajstić information content (AvgIpc) is 2.77. The molecule has 20 heavy (non-hydrogen) atoms. The van der Waals surface area contributed by atoms with Crippen LogP contribution in [0, 0.1) is 11.6 Å². The predicted molar refractivity (Wildman–Crippen MR) is 69.5 cm³/mol. The van der Waals surface area contributed by atoms with Crippen LogP contribution in [0.3, 0.4) is 0 Å². The van der Waals surface area contributed by atoms with Crippen molar-refractivity contribution in [1.82, 2.24) is 10.3 Å². The summed E-state index contributed by atoms with van der Waals surface area (Å²) in [5, 5.41) is 3.23. The van der Waals surface area contributed by atoms with Crippen molar-refractivity contribution in [3.05, 3.63) is 41.8 Å². The van der Waals surface area contributed by atoms with E-state index in [-0.39, 0.29) is 17.4 Å². The highest BCUT2D eigenvalue weighted by Gasteiger charge is 2.13. The highest BCUT2D eigenvalue weighted by atomic mass is 19.1. The van der Waals surface area contributed by atoms with Crippen molar-refractivity contribution in [2.45, 2.75) is 32.9 Å². The Morgan fingerprint density at radius 3 is 2.70 bits per heavy atom. The molecule has 0 aliphatic heterocycles. The second-order valence-electron chi connectivity index (χ2n) is 5.39. The molecule has 108 valence electrons. The molecule has 0 spiro atoms. The van der Waals surface area contributed by atoms with E-state index >= 15 is 0 Å². The average molecular weight is 282 g/mol. The number of aromatic nitrogens is 1. The third-order valence-electron chi connectivity index (χ3n) is 2.42. The van der Waals surface area contributed by atoms with E-state index in [1.54, 1.807) is 0 Å². The van der Waals surface area contributed by atoms with Gasteiger partial charge in [-0.3, -0.25) is 0 Å². The molecule has 0 unspecified atom stereocenters. The van der Waals surface area contributed by atoms with Crippen LogP contribution in [0.5, 0.6) is 11.8 Å². The van der Waals surface area contributed by atoms with E-state index < -0.39 is 11.6 Å². The molecular weight excluding hydrogens is 266 g/mol. The normalized spacial score (nSPS) is 11.7. The second-order valence-corrected chi connectivity index (χ2v) is 5.39. The van der Waals surface area contributed by atoms with E-state index in [0.717, 1.165) is 12.1 Å². The first kappa shape index (κ1) is 14.5. The van der Waals surface area contributed by atoms with Gasteiger partial charge >= 0.3 is 6.08 Å². The van der Waals surface area contributed by atoms with Gasteiger partial charge in [0.05, 0.1) is 5.69 Å². The molecule has 1 N–H and O–H groups in total. The number of rotatable bonds is 4. The van der Waals surface area contributed by atoms with Crippen molar-refractivity contribution in [2.75, 3.05) is 0 Å². The van der Waals surface area contributed by atoms with Gasteiger partial charge in [0.25, 0.3) is 0 Å². The molecule has 0 radical (unpaired) electrons. The maximum absolute atomic E-state index is 13.4. The minimum Gasteiger partial charge on any atom is -0.417 e. The smallest absolute Gasteiger partial charge is 0.399 e. The zero-order chi connectivity index (χ0) is 14.8. The summed E-state index contributed by atoms with van der Waals surface area (Å²) in [6.07, 6.45) is 1.34. The van der Waals surface area contributed by atoms with Crippen molar-refractivity contribution in [3.63, 3.8) is 0 Å². The number of nitrogens with one attached hydrogen (secondary N) is 1. The van der Waals surface area contributed by atoms with Gasteiger partial charge in [-0.2, -0.15) is 4.98 Å². The zero-order valence-electron chi connectivity index (χ0n) is 11.5. The lowest BCUT2D eigenvalue weighted by atomic mass is 10.1. The van der Waals surface area contributed by atoms with E-state index in [4.69, 9.17) is 9.15 Å². The van der Waals surface area contributed by atoms with E-state index in [0.29, 0.717) is 12.2 Å². The van der Waals surface area contributed by atoms with Crippen molar-refractivity contribution in [3.8, 4) is 11.8 Å². The van der Waals surface area contributed by atoms with E-state index in [2.05, 4.69) is 10.3 Å². The van der Waals surface area contributed by atoms with Crippen molar-refractivity contribution in [2.24, 2.45) is 0 Å². The molecule has 4 nitrogen and oxygen atoms in total. The van der Waals surface area contributed by atoms with Crippen LogP contribution in [-0.4, -0.2) is 10.5 Å². The van der Waals surface area contributed by atoms with Gasteiger partial charge in [-0.1, -0.05) is 0 Å². The molecule has 0 aliphatic rings. The molecule has 0 bridgehead atoms. The molecule has 0 aliphatic carbocycles. The van der Waals surface area contributed by atoms with Crippen LogP contribution >= 0.6 is 0 Å². The summed E-state index contributed by atoms with van der Waals surface area (Å²) < 4.78 is 36.4. The summed E-state index contributed by atoms with van der Waals surface area (Å²) in [4.78, 5) is 4.06. The Morgan fingerprint density at radius 2 is 2.05 bits per heavy atom. The minimum atomic E-state index is -0.808. The Hall–Kier alpha value is -1.95. The number of oxazole rings is 1. The topological polar surface area (TPSA) is 47.3 Å². The molecule has 6 heteroatoms. The van der Waals surface area contributed by atoms with Crippen LogP contribution in [0.4, 0.5) is 8.78 Å². The van der Waals surface area contributed by atoms with Crippen LogP contribution < -0.4 is 10.1 Å². The highest BCUT2D eigenvalue weighted by Crippen LogP contribution is 2.24. The SMILES string of the molecule is CC(C)(C)NCc1coc(Oc2ccc(F)cc2F)n1. The van der Waals surface area contributed by atoms with Crippen LogP contribution in [0.25, 0.3) is 0 Å². The largest absolute Gasteiger partial charge is 0.417 e. The fraction of sp³-hybridized carbons (Fsp3) is 0.357. The Morgan fingerprint density at radius 1 is 1.30 bits per heavy atom. The zero-order valence-corrected chi connectivity index (χ0v) is 11.5. The molecule has 0 atom stereocenters. The monoisotopic (exact) mass is 282 g/mol. The molecule has 2 rings (SSSR count). The van der Waals surface area contributed by atoms with E-state index in [9.17, 15) is 8.78 Å². The van der Waals surface area contributed by atoms with Gasteiger partial charge in [0.2, 0.25) is 0 Å². The molecule has 2 aromatic rings. The first-order valence-electron chi connectivity index (χ1n) is 6.16. The van der Waals surface area contributed by atoms with Gasteiger partial charge in [-0.05, 0) is 32.9 Å². The summed E-state index contributed by atoms with van der Waals surface area (Å²) in [6.45, 7) is 6.58. The third kappa shape index (κ3) is 4.03. The van der Waals surface area contributed by atoms with Crippen LogP contribution in [0.2, 0.25) is 0 Å². The third-order valence-corrected chi connectivity index (χ3v) is 2.42. The van der Waals surface area contributed by atoms with Crippen LogP contribution in [-0.2, 0) is 6.54 Å². The summed E-state index contributed by atoms with van der Waals surface area (Å²) in [6, 6.07) is 3.02. The molecule has 0 saturated heterocycles. The number of nitrogens with zero attached hydrogens (tertiary/aromatic N) is 1.